The van der Waals surface area contributed by atoms with Crippen LogP contribution in [0.5, 0.6) is 0 Å². The minimum Gasteiger partial charge on any atom is -0.315 e. The highest BCUT2D eigenvalue weighted by Crippen LogP contribution is 2.47. The maximum absolute atomic E-state index is 3.58. The quantitative estimate of drug-likeness (QED) is 0.788. The van der Waals surface area contributed by atoms with Gasteiger partial charge in [-0.3, -0.25) is 4.90 Å². The van der Waals surface area contributed by atoms with Gasteiger partial charge in [-0.25, -0.2) is 0 Å². The second kappa shape index (κ2) is 4.66. The molecule has 0 aromatic carbocycles. The van der Waals surface area contributed by atoms with Crippen molar-refractivity contribution in [2.24, 2.45) is 11.8 Å². The minimum absolute atomic E-state index is 0.836. The van der Waals surface area contributed by atoms with E-state index in [-0.39, 0.29) is 0 Å². The third-order valence-corrected chi connectivity index (χ3v) is 5.23. The van der Waals surface area contributed by atoms with E-state index in [1.807, 2.05) is 0 Å². The molecule has 92 valence electrons. The van der Waals surface area contributed by atoms with Crippen LogP contribution in [0.25, 0.3) is 0 Å². The van der Waals surface area contributed by atoms with Crippen LogP contribution in [0.2, 0.25) is 0 Å². The molecule has 4 unspecified atom stereocenters. The number of hydrogen-bond acceptors (Lipinski definition) is 2. The Morgan fingerprint density at radius 3 is 2.69 bits per heavy atom. The Hall–Kier alpha value is -0.0800. The largest absolute Gasteiger partial charge is 0.315 e. The molecule has 2 aliphatic carbocycles. The Kier molecular flexibility index (Phi) is 3.21. The van der Waals surface area contributed by atoms with Crippen molar-refractivity contribution in [1.29, 1.82) is 0 Å². The molecule has 16 heavy (non-hydrogen) atoms. The zero-order valence-electron chi connectivity index (χ0n) is 10.6. The molecule has 1 heterocycles. The fourth-order valence-electron chi connectivity index (χ4n) is 4.50. The number of piperidine rings is 1. The summed E-state index contributed by atoms with van der Waals surface area (Å²) < 4.78 is 0. The Morgan fingerprint density at radius 2 is 2.12 bits per heavy atom. The highest BCUT2D eigenvalue weighted by Gasteiger charge is 2.43. The van der Waals surface area contributed by atoms with Crippen LogP contribution in [0.1, 0.15) is 45.4 Å². The highest BCUT2D eigenvalue weighted by atomic mass is 15.2. The first-order chi connectivity index (χ1) is 7.88. The lowest BCUT2D eigenvalue weighted by molar-refractivity contribution is 0.0837. The molecule has 3 aliphatic rings. The van der Waals surface area contributed by atoms with E-state index in [2.05, 4.69) is 17.1 Å². The molecule has 1 saturated heterocycles. The average molecular weight is 222 g/mol. The van der Waals surface area contributed by atoms with Gasteiger partial charge in [0.25, 0.3) is 0 Å². The van der Waals surface area contributed by atoms with Crippen LogP contribution in [0.15, 0.2) is 0 Å². The summed E-state index contributed by atoms with van der Waals surface area (Å²) in [5, 5.41) is 3.58. The van der Waals surface area contributed by atoms with E-state index in [0.717, 1.165) is 23.9 Å². The molecule has 1 aliphatic heterocycles. The zero-order valence-corrected chi connectivity index (χ0v) is 10.6. The van der Waals surface area contributed by atoms with Crippen LogP contribution in [0.4, 0.5) is 0 Å². The van der Waals surface area contributed by atoms with Crippen molar-refractivity contribution in [2.45, 2.75) is 57.5 Å². The third kappa shape index (κ3) is 1.91. The number of fused-ring (bicyclic) bond motifs is 2. The Morgan fingerprint density at radius 1 is 1.19 bits per heavy atom. The van der Waals surface area contributed by atoms with Gasteiger partial charge in [0, 0.05) is 18.6 Å². The predicted octanol–water partition coefficient (Wildman–Crippen LogP) is 2.25. The number of hydrogen-bond donors (Lipinski definition) is 1. The molecule has 4 atom stereocenters. The molecule has 0 spiro atoms. The summed E-state index contributed by atoms with van der Waals surface area (Å²) in [7, 11) is 0. The smallest absolute Gasteiger partial charge is 0.0224 e. The lowest BCUT2D eigenvalue weighted by Gasteiger charge is -2.41. The summed E-state index contributed by atoms with van der Waals surface area (Å²) in [6, 6.07) is 1.77. The molecule has 2 bridgehead atoms. The van der Waals surface area contributed by atoms with Crippen LogP contribution >= 0.6 is 0 Å². The lowest BCUT2D eigenvalue weighted by Crippen LogP contribution is -2.51. The standard InChI is InChI=1S/C14H26N2/c1-2-16(13-4-3-7-15-10-13)14-9-11-5-6-12(14)8-11/h11-15H,2-10H2,1H3. The second-order valence-corrected chi connectivity index (χ2v) is 6.07. The number of rotatable bonds is 3. The average Bonchev–Trinajstić information content (AvgIpc) is 2.94. The van der Waals surface area contributed by atoms with E-state index < -0.39 is 0 Å². The molecule has 1 N–H and O–H groups in total. The van der Waals surface area contributed by atoms with Gasteiger partial charge >= 0.3 is 0 Å². The van der Waals surface area contributed by atoms with Crippen molar-refractivity contribution in [2.75, 3.05) is 19.6 Å². The summed E-state index contributed by atoms with van der Waals surface area (Å²) in [6.07, 6.45) is 8.90. The molecule has 2 heteroatoms. The molecule has 3 rings (SSSR count). The second-order valence-electron chi connectivity index (χ2n) is 6.07. The van der Waals surface area contributed by atoms with E-state index in [1.54, 1.807) is 6.42 Å². The Labute approximate surface area is 99.8 Å². The first kappa shape index (κ1) is 11.0. The molecular weight excluding hydrogens is 196 g/mol. The highest BCUT2D eigenvalue weighted by molar-refractivity contribution is 4.97. The molecule has 0 aromatic rings. The van der Waals surface area contributed by atoms with E-state index in [0.29, 0.717) is 0 Å². The minimum atomic E-state index is 0.836. The third-order valence-electron chi connectivity index (χ3n) is 5.23. The first-order valence-corrected chi connectivity index (χ1v) is 7.35. The van der Waals surface area contributed by atoms with Gasteiger partial charge in [0.05, 0.1) is 0 Å². The van der Waals surface area contributed by atoms with Crippen LogP contribution in [-0.2, 0) is 0 Å². The van der Waals surface area contributed by atoms with E-state index >= 15 is 0 Å². The topological polar surface area (TPSA) is 15.3 Å². The van der Waals surface area contributed by atoms with Crippen molar-refractivity contribution in [3.05, 3.63) is 0 Å². The van der Waals surface area contributed by atoms with E-state index in [4.69, 9.17) is 0 Å². The SMILES string of the molecule is CCN(C1CCCNC1)C1CC2CCC1C2. The van der Waals surface area contributed by atoms with Crippen LogP contribution in [-0.4, -0.2) is 36.6 Å². The Bertz CT molecular complexity index is 235. The maximum Gasteiger partial charge on any atom is 0.0224 e. The normalized spacial score (nSPS) is 43.1. The van der Waals surface area contributed by atoms with Gasteiger partial charge in [0.15, 0.2) is 0 Å². The van der Waals surface area contributed by atoms with Crippen molar-refractivity contribution in [3.8, 4) is 0 Å². The van der Waals surface area contributed by atoms with Gasteiger partial charge in [0.1, 0.15) is 0 Å². The summed E-state index contributed by atoms with van der Waals surface area (Å²) in [4.78, 5) is 2.84. The molecule has 0 aromatic heterocycles. The van der Waals surface area contributed by atoms with E-state index in [9.17, 15) is 0 Å². The van der Waals surface area contributed by atoms with Crippen LogP contribution in [0, 0.1) is 11.8 Å². The molecule has 3 fully saturated rings. The summed E-state index contributed by atoms with van der Waals surface area (Å²) >= 11 is 0. The molecule has 2 saturated carbocycles. The first-order valence-electron chi connectivity index (χ1n) is 7.35. The van der Waals surface area contributed by atoms with Gasteiger partial charge in [-0.05, 0) is 57.0 Å². The van der Waals surface area contributed by atoms with Gasteiger partial charge < -0.3 is 5.32 Å². The molecule has 0 amide bonds. The number of nitrogens with one attached hydrogen (secondary N) is 1. The summed E-state index contributed by atoms with van der Waals surface area (Å²) in [5.74, 6) is 2.13. The molecule has 2 nitrogen and oxygen atoms in total. The fraction of sp³-hybridized carbons (Fsp3) is 1.00. The van der Waals surface area contributed by atoms with Crippen molar-refractivity contribution >= 4 is 0 Å². The van der Waals surface area contributed by atoms with Crippen molar-refractivity contribution in [3.63, 3.8) is 0 Å². The van der Waals surface area contributed by atoms with Crippen LogP contribution in [0.3, 0.4) is 0 Å². The van der Waals surface area contributed by atoms with Gasteiger partial charge in [-0.15, -0.1) is 0 Å². The monoisotopic (exact) mass is 222 g/mol. The fourth-order valence-corrected chi connectivity index (χ4v) is 4.50. The predicted molar refractivity (Wildman–Crippen MR) is 67.5 cm³/mol. The van der Waals surface area contributed by atoms with Gasteiger partial charge in [-0.1, -0.05) is 13.3 Å². The summed E-state index contributed by atoms with van der Waals surface area (Å²) in [6.45, 7) is 6.10. The lowest BCUT2D eigenvalue weighted by atomic mass is 9.91. The Balaban J connectivity index is 1.65. The van der Waals surface area contributed by atoms with Gasteiger partial charge in [-0.2, -0.15) is 0 Å². The number of likely N-dealkylation sites (N-methyl/N-ethyl adjacent to an activating group) is 1. The summed E-state index contributed by atoms with van der Waals surface area (Å²) in [5.41, 5.74) is 0. The zero-order chi connectivity index (χ0) is 11.0. The van der Waals surface area contributed by atoms with Crippen LogP contribution < -0.4 is 5.32 Å². The number of nitrogens with zero attached hydrogens (tertiary/aromatic N) is 1. The van der Waals surface area contributed by atoms with E-state index in [1.165, 1.54) is 51.7 Å². The van der Waals surface area contributed by atoms with Crippen molar-refractivity contribution < 1.29 is 0 Å². The molecule has 0 radical (unpaired) electrons. The molecular formula is C14H26N2. The van der Waals surface area contributed by atoms with Crippen molar-refractivity contribution in [1.82, 2.24) is 10.2 Å². The van der Waals surface area contributed by atoms with Gasteiger partial charge in [0.2, 0.25) is 0 Å². The maximum atomic E-state index is 3.58.